The molecule has 0 aliphatic rings. The number of methoxy groups -OCH3 is 1. The van der Waals surface area contributed by atoms with Gasteiger partial charge in [-0.15, -0.1) is 22.9 Å². The van der Waals surface area contributed by atoms with Crippen LogP contribution >= 0.6 is 22.9 Å². The number of amides is 1. The van der Waals surface area contributed by atoms with Gasteiger partial charge < -0.3 is 10.1 Å². The van der Waals surface area contributed by atoms with Gasteiger partial charge >= 0.3 is 0 Å². The van der Waals surface area contributed by atoms with Gasteiger partial charge in [0, 0.05) is 13.7 Å². The van der Waals surface area contributed by atoms with Crippen molar-refractivity contribution in [1.82, 2.24) is 10.3 Å². The smallest absolute Gasteiger partial charge is 0.262 e. The van der Waals surface area contributed by atoms with Crippen LogP contribution in [0.1, 0.15) is 16.1 Å². The van der Waals surface area contributed by atoms with E-state index in [0.29, 0.717) is 24.4 Å². The zero-order chi connectivity index (χ0) is 11.1. The fourth-order valence-corrected chi connectivity index (χ4v) is 1.79. The molecule has 0 saturated heterocycles. The number of thiazole rings is 1. The number of aromatic nitrogens is 1. The van der Waals surface area contributed by atoms with Gasteiger partial charge in [-0.1, -0.05) is 0 Å². The van der Waals surface area contributed by atoms with Gasteiger partial charge in [0.1, 0.15) is 4.88 Å². The van der Waals surface area contributed by atoms with Crippen molar-refractivity contribution >= 4 is 28.8 Å². The molecule has 0 aromatic carbocycles. The van der Waals surface area contributed by atoms with Gasteiger partial charge in [0.15, 0.2) is 0 Å². The van der Waals surface area contributed by atoms with Crippen molar-refractivity contribution in [1.29, 1.82) is 0 Å². The maximum absolute atomic E-state index is 11.4. The first-order valence-electron chi connectivity index (χ1n) is 4.53. The maximum atomic E-state index is 11.4. The normalized spacial score (nSPS) is 12.4. The van der Waals surface area contributed by atoms with Crippen molar-refractivity contribution < 1.29 is 9.53 Å². The van der Waals surface area contributed by atoms with Crippen LogP contribution in [0.25, 0.3) is 0 Å². The van der Waals surface area contributed by atoms with Crippen molar-refractivity contribution in [3.8, 4) is 0 Å². The summed E-state index contributed by atoms with van der Waals surface area (Å²) in [6, 6.07) is 0. The molecule has 4 nitrogen and oxygen atoms in total. The van der Waals surface area contributed by atoms with Crippen LogP contribution in [0.5, 0.6) is 0 Å². The zero-order valence-corrected chi connectivity index (χ0v) is 9.98. The Kier molecular flexibility index (Phi) is 5.60. The van der Waals surface area contributed by atoms with Gasteiger partial charge in [0.25, 0.3) is 5.91 Å². The second-order valence-corrected chi connectivity index (χ2v) is 4.47. The first kappa shape index (κ1) is 12.4. The molecule has 84 valence electrons. The Morgan fingerprint density at radius 1 is 1.80 bits per heavy atom. The molecule has 15 heavy (non-hydrogen) atoms. The molecule has 0 radical (unpaired) electrons. The molecule has 0 saturated carbocycles. The van der Waals surface area contributed by atoms with E-state index in [1.54, 1.807) is 18.8 Å². The molecule has 0 bridgehead atoms. The van der Waals surface area contributed by atoms with Gasteiger partial charge in [-0.3, -0.25) is 9.78 Å². The number of rotatable bonds is 6. The van der Waals surface area contributed by atoms with Crippen molar-refractivity contribution in [2.45, 2.75) is 11.8 Å². The summed E-state index contributed by atoms with van der Waals surface area (Å²) in [5.41, 5.74) is 1.63. The molecule has 0 fully saturated rings. The minimum absolute atomic E-state index is 0.0586. The van der Waals surface area contributed by atoms with Crippen LogP contribution in [-0.2, 0) is 4.74 Å². The second kappa shape index (κ2) is 6.76. The van der Waals surface area contributed by atoms with E-state index in [4.69, 9.17) is 16.3 Å². The molecule has 0 aliphatic carbocycles. The quantitative estimate of drug-likeness (QED) is 0.777. The van der Waals surface area contributed by atoms with Crippen molar-refractivity contribution in [2.24, 2.45) is 0 Å². The zero-order valence-electron chi connectivity index (χ0n) is 8.40. The first-order chi connectivity index (χ1) is 7.24. The van der Waals surface area contributed by atoms with Crippen LogP contribution in [0, 0.1) is 0 Å². The molecule has 1 N–H and O–H groups in total. The van der Waals surface area contributed by atoms with Crippen LogP contribution in [0.2, 0.25) is 0 Å². The van der Waals surface area contributed by atoms with E-state index in [0.717, 1.165) is 0 Å². The lowest BCUT2D eigenvalue weighted by atomic mass is 10.3. The molecule has 0 aliphatic heterocycles. The molecule has 1 heterocycles. The van der Waals surface area contributed by atoms with E-state index >= 15 is 0 Å². The standard InChI is InChI=1S/C9H13ClN2O2S/c1-14-5-7(10)2-3-12-9(13)8-4-11-6-15-8/h4,6-7H,2-3,5H2,1H3,(H,12,13). The van der Waals surface area contributed by atoms with Crippen molar-refractivity contribution in [3.05, 3.63) is 16.6 Å². The molecule has 0 spiro atoms. The first-order valence-corrected chi connectivity index (χ1v) is 5.85. The Labute approximate surface area is 97.6 Å². The third kappa shape index (κ3) is 4.59. The Morgan fingerprint density at radius 3 is 3.20 bits per heavy atom. The fraction of sp³-hybridized carbons (Fsp3) is 0.556. The summed E-state index contributed by atoms with van der Waals surface area (Å²) < 4.78 is 4.88. The predicted molar refractivity (Wildman–Crippen MR) is 60.6 cm³/mol. The maximum Gasteiger partial charge on any atom is 0.262 e. The molecule has 1 rings (SSSR count). The molecule has 1 amide bonds. The minimum Gasteiger partial charge on any atom is -0.383 e. The summed E-state index contributed by atoms with van der Waals surface area (Å²) in [5.74, 6) is -0.0983. The summed E-state index contributed by atoms with van der Waals surface area (Å²) in [5, 5.41) is 2.71. The number of nitrogens with zero attached hydrogens (tertiary/aromatic N) is 1. The summed E-state index contributed by atoms with van der Waals surface area (Å²) in [6.45, 7) is 1.05. The Morgan fingerprint density at radius 2 is 2.60 bits per heavy atom. The summed E-state index contributed by atoms with van der Waals surface area (Å²) in [6.07, 6.45) is 2.24. The monoisotopic (exact) mass is 248 g/mol. The predicted octanol–water partition coefficient (Wildman–Crippen LogP) is 1.52. The van der Waals surface area contributed by atoms with Crippen molar-refractivity contribution in [3.63, 3.8) is 0 Å². The summed E-state index contributed by atoms with van der Waals surface area (Å²) >= 11 is 7.22. The third-order valence-electron chi connectivity index (χ3n) is 1.75. The van der Waals surface area contributed by atoms with Crippen LogP contribution < -0.4 is 5.32 Å². The number of carbonyl (C=O) groups excluding carboxylic acids is 1. The summed E-state index contributed by atoms with van der Waals surface area (Å²) in [7, 11) is 1.60. The number of alkyl halides is 1. The van der Waals surface area contributed by atoms with E-state index in [9.17, 15) is 4.79 Å². The van der Waals surface area contributed by atoms with Crippen LogP contribution in [0.15, 0.2) is 11.7 Å². The van der Waals surface area contributed by atoms with E-state index in [-0.39, 0.29) is 11.3 Å². The second-order valence-electron chi connectivity index (χ2n) is 2.96. The number of ether oxygens (including phenoxy) is 1. The number of carbonyl (C=O) groups is 1. The Balaban J connectivity index is 2.18. The molecule has 6 heteroatoms. The lowest BCUT2D eigenvalue weighted by Gasteiger charge is -2.08. The number of hydrogen-bond acceptors (Lipinski definition) is 4. The SMILES string of the molecule is COCC(Cl)CCNC(=O)c1cncs1. The van der Waals surface area contributed by atoms with Crippen LogP contribution in [-0.4, -0.2) is 36.5 Å². The molecule has 1 aromatic rings. The number of nitrogens with one attached hydrogen (secondary N) is 1. The topological polar surface area (TPSA) is 51.2 Å². The van der Waals surface area contributed by atoms with Gasteiger partial charge in [-0.05, 0) is 6.42 Å². The molecular formula is C9H13ClN2O2S. The minimum atomic E-state index is -0.0983. The van der Waals surface area contributed by atoms with Gasteiger partial charge in [0.05, 0.1) is 23.7 Å². The lowest BCUT2D eigenvalue weighted by molar-refractivity contribution is 0.0955. The highest BCUT2D eigenvalue weighted by atomic mass is 35.5. The van der Waals surface area contributed by atoms with Crippen LogP contribution in [0.3, 0.4) is 0 Å². The average molecular weight is 249 g/mol. The summed E-state index contributed by atoms with van der Waals surface area (Å²) in [4.78, 5) is 15.9. The van der Waals surface area contributed by atoms with E-state index in [1.807, 2.05) is 0 Å². The molecule has 1 unspecified atom stereocenters. The Bertz CT molecular complexity index is 292. The van der Waals surface area contributed by atoms with Gasteiger partial charge in [-0.2, -0.15) is 0 Å². The van der Waals surface area contributed by atoms with E-state index in [2.05, 4.69) is 10.3 Å². The van der Waals surface area contributed by atoms with Crippen molar-refractivity contribution in [2.75, 3.05) is 20.3 Å². The largest absolute Gasteiger partial charge is 0.383 e. The van der Waals surface area contributed by atoms with Gasteiger partial charge in [-0.25, -0.2) is 0 Å². The highest BCUT2D eigenvalue weighted by Crippen LogP contribution is 2.05. The number of hydrogen-bond donors (Lipinski definition) is 1. The highest BCUT2D eigenvalue weighted by Gasteiger charge is 2.08. The highest BCUT2D eigenvalue weighted by molar-refractivity contribution is 7.11. The molecule has 1 atom stereocenters. The lowest BCUT2D eigenvalue weighted by Crippen LogP contribution is -2.26. The molecular weight excluding hydrogens is 236 g/mol. The molecule has 1 aromatic heterocycles. The average Bonchev–Trinajstić information content (AvgIpc) is 2.70. The van der Waals surface area contributed by atoms with E-state index in [1.165, 1.54) is 11.3 Å². The van der Waals surface area contributed by atoms with Crippen LogP contribution in [0.4, 0.5) is 0 Å². The Hall–Kier alpha value is -0.650. The number of halogens is 1. The third-order valence-corrected chi connectivity index (χ3v) is 2.86. The van der Waals surface area contributed by atoms with Gasteiger partial charge in [0.2, 0.25) is 0 Å². The fourth-order valence-electron chi connectivity index (χ4n) is 1.02. The van der Waals surface area contributed by atoms with E-state index < -0.39 is 0 Å².